The van der Waals surface area contributed by atoms with Gasteiger partial charge in [-0.25, -0.2) is 9.97 Å². The average molecular weight is 239 g/mol. The monoisotopic (exact) mass is 239 g/mol. The summed E-state index contributed by atoms with van der Waals surface area (Å²) in [7, 11) is 1.56. The van der Waals surface area contributed by atoms with E-state index in [0.717, 1.165) is 13.1 Å². The maximum atomic E-state index is 5.70. The minimum absolute atomic E-state index is 0.0553. The first-order chi connectivity index (χ1) is 8.28. The van der Waals surface area contributed by atoms with E-state index in [2.05, 4.69) is 15.3 Å². The summed E-state index contributed by atoms with van der Waals surface area (Å²) in [5.41, 5.74) is 0. The van der Waals surface area contributed by atoms with Gasteiger partial charge in [0.15, 0.2) is 0 Å². The largest absolute Gasteiger partial charge is 0.481 e. The molecule has 1 aromatic heterocycles. The van der Waals surface area contributed by atoms with Crippen LogP contribution in [0.15, 0.2) is 12.4 Å². The molecule has 0 aromatic carbocycles. The van der Waals surface area contributed by atoms with Crippen molar-refractivity contribution >= 4 is 0 Å². The molecule has 0 bridgehead atoms. The Kier molecular flexibility index (Phi) is 4.11. The lowest BCUT2D eigenvalue weighted by Gasteiger charge is -2.28. The fourth-order valence-corrected chi connectivity index (χ4v) is 1.66. The maximum absolute atomic E-state index is 5.70. The second-order valence-corrected chi connectivity index (χ2v) is 3.94. The van der Waals surface area contributed by atoms with Gasteiger partial charge >= 0.3 is 0 Å². The fourth-order valence-electron chi connectivity index (χ4n) is 1.66. The summed E-state index contributed by atoms with van der Waals surface area (Å²) in [5.74, 6) is 0.990. The van der Waals surface area contributed by atoms with Crippen LogP contribution in [0.25, 0.3) is 0 Å². The summed E-state index contributed by atoms with van der Waals surface area (Å²) in [6.07, 6.45) is 1.69. The van der Waals surface area contributed by atoms with Gasteiger partial charge in [0.2, 0.25) is 11.8 Å². The van der Waals surface area contributed by atoms with Crippen molar-refractivity contribution in [3.63, 3.8) is 0 Å². The molecule has 94 valence electrons. The van der Waals surface area contributed by atoms with Gasteiger partial charge in [0.25, 0.3) is 0 Å². The molecule has 0 amide bonds. The third-order valence-corrected chi connectivity index (χ3v) is 2.47. The molecule has 2 atom stereocenters. The topological polar surface area (TPSA) is 65.5 Å². The molecule has 0 saturated carbocycles. The van der Waals surface area contributed by atoms with Crippen molar-refractivity contribution in [3.8, 4) is 11.8 Å². The number of nitrogens with zero attached hydrogens (tertiary/aromatic N) is 2. The van der Waals surface area contributed by atoms with E-state index < -0.39 is 0 Å². The van der Waals surface area contributed by atoms with Gasteiger partial charge in [-0.15, -0.1) is 0 Å². The van der Waals surface area contributed by atoms with Gasteiger partial charge in [-0.2, -0.15) is 0 Å². The quantitative estimate of drug-likeness (QED) is 0.812. The van der Waals surface area contributed by atoms with Gasteiger partial charge in [0.05, 0.1) is 19.3 Å². The maximum Gasteiger partial charge on any atom is 0.220 e. The van der Waals surface area contributed by atoms with Crippen LogP contribution in [0.2, 0.25) is 0 Å². The molecule has 2 rings (SSSR count). The summed E-state index contributed by atoms with van der Waals surface area (Å²) in [5, 5.41) is 3.28. The number of rotatable bonds is 4. The van der Waals surface area contributed by atoms with E-state index in [1.165, 1.54) is 6.33 Å². The van der Waals surface area contributed by atoms with Crippen LogP contribution >= 0.6 is 0 Å². The Bertz CT molecular complexity index is 362. The Labute approximate surface area is 100 Å². The predicted molar refractivity (Wildman–Crippen MR) is 61.3 cm³/mol. The minimum atomic E-state index is 0.0553. The summed E-state index contributed by atoms with van der Waals surface area (Å²) in [4.78, 5) is 7.91. The zero-order valence-corrected chi connectivity index (χ0v) is 10.0. The molecular weight excluding hydrogens is 222 g/mol. The van der Waals surface area contributed by atoms with Crippen molar-refractivity contribution in [3.05, 3.63) is 12.4 Å². The van der Waals surface area contributed by atoms with E-state index in [1.807, 2.05) is 6.92 Å². The molecule has 1 aromatic rings. The lowest BCUT2D eigenvalue weighted by Crippen LogP contribution is -2.45. The van der Waals surface area contributed by atoms with Crippen LogP contribution in [0.5, 0.6) is 11.8 Å². The van der Waals surface area contributed by atoms with Crippen LogP contribution in [0, 0.1) is 0 Å². The van der Waals surface area contributed by atoms with Crippen molar-refractivity contribution in [2.24, 2.45) is 0 Å². The van der Waals surface area contributed by atoms with Crippen LogP contribution in [-0.2, 0) is 4.74 Å². The standard InChI is InChI=1S/C11H17N3O3/c1-8-4-12-5-9(17-8)6-16-11-3-10(15-2)13-7-14-11/h3,7-9,12H,4-6H2,1-2H3. The molecular formula is C11H17N3O3. The molecule has 1 aliphatic rings. The summed E-state index contributed by atoms with van der Waals surface area (Å²) in [6, 6.07) is 1.65. The number of nitrogens with one attached hydrogen (secondary N) is 1. The number of hydrogen-bond donors (Lipinski definition) is 1. The Morgan fingerprint density at radius 2 is 2.24 bits per heavy atom. The molecule has 1 fully saturated rings. The molecule has 0 aliphatic carbocycles. The van der Waals surface area contributed by atoms with Crippen molar-refractivity contribution in [1.29, 1.82) is 0 Å². The van der Waals surface area contributed by atoms with Crippen molar-refractivity contribution < 1.29 is 14.2 Å². The summed E-state index contributed by atoms with van der Waals surface area (Å²) >= 11 is 0. The van der Waals surface area contributed by atoms with E-state index in [4.69, 9.17) is 14.2 Å². The summed E-state index contributed by atoms with van der Waals surface area (Å²) in [6.45, 7) is 4.19. The minimum Gasteiger partial charge on any atom is -0.481 e. The molecule has 17 heavy (non-hydrogen) atoms. The first-order valence-electron chi connectivity index (χ1n) is 5.63. The Hall–Kier alpha value is -1.40. The van der Waals surface area contributed by atoms with E-state index >= 15 is 0 Å². The van der Waals surface area contributed by atoms with Gasteiger partial charge in [0, 0.05) is 13.1 Å². The smallest absolute Gasteiger partial charge is 0.220 e. The van der Waals surface area contributed by atoms with Crippen molar-refractivity contribution in [2.45, 2.75) is 19.1 Å². The molecule has 0 radical (unpaired) electrons. The zero-order valence-electron chi connectivity index (χ0n) is 10.0. The highest BCUT2D eigenvalue weighted by Gasteiger charge is 2.19. The molecule has 2 heterocycles. The van der Waals surface area contributed by atoms with Gasteiger partial charge in [-0.3, -0.25) is 0 Å². The highest BCUT2D eigenvalue weighted by Crippen LogP contribution is 2.13. The van der Waals surface area contributed by atoms with E-state index in [0.29, 0.717) is 18.4 Å². The van der Waals surface area contributed by atoms with Crippen LogP contribution in [0.3, 0.4) is 0 Å². The molecule has 6 heteroatoms. The van der Waals surface area contributed by atoms with E-state index in [-0.39, 0.29) is 12.2 Å². The lowest BCUT2D eigenvalue weighted by molar-refractivity contribution is -0.0477. The second-order valence-electron chi connectivity index (χ2n) is 3.94. The Balaban J connectivity index is 1.84. The van der Waals surface area contributed by atoms with Gasteiger partial charge in [0.1, 0.15) is 19.0 Å². The molecule has 1 saturated heterocycles. The van der Waals surface area contributed by atoms with Crippen molar-refractivity contribution in [2.75, 3.05) is 26.8 Å². The highest BCUT2D eigenvalue weighted by molar-refractivity contribution is 5.17. The number of morpholine rings is 1. The van der Waals surface area contributed by atoms with Gasteiger partial charge in [-0.05, 0) is 6.92 Å². The molecule has 1 N–H and O–H groups in total. The Morgan fingerprint density at radius 1 is 1.41 bits per heavy atom. The molecule has 6 nitrogen and oxygen atoms in total. The molecule has 0 spiro atoms. The van der Waals surface area contributed by atoms with Crippen LogP contribution < -0.4 is 14.8 Å². The number of methoxy groups -OCH3 is 1. The number of hydrogen-bond acceptors (Lipinski definition) is 6. The lowest BCUT2D eigenvalue weighted by atomic mass is 10.2. The fraction of sp³-hybridized carbons (Fsp3) is 0.636. The average Bonchev–Trinajstić information content (AvgIpc) is 2.37. The highest BCUT2D eigenvalue weighted by atomic mass is 16.5. The molecule has 1 aliphatic heterocycles. The van der Waals surface area contributed by atoms with E-state index in [9.17, 15) is 0 Å². The first kappa shape index (κ1) is 12.1. The Morgan fingerprint density at radius 3 is 3.00 bits per heavy atom. The van der Waals surface area contributed by atoms with E-state index in [1.54, 1.807) is 13.2 Å². The van der Waals surface area contributed by atoms with Crippen molar-refractivity contribution in [1.82, 2.24) is 15.3 Å². The van der Waals surface area contributed by atoms with Crippen LogP contribution in [0.4, 0.5) is 0 Å². The van der Waals surface area contributed by atoms with Gasteiger partial charge < -0.3 is 19.5 Å². The molecule has 2 unspecified atom stereocenters. The van der Waals surface area contributed by atoms with Crippen LogP contribution in [0.1, 0.15) is 6.92 Å². The number of ether oxygens (including phenoxy) is 3. The third kappa shape index (κ3) is 3.54. The first-order valence-corrected chi connectivity index (χ1v) is 5.63. The van der Waals surface area contributed by atoms with Gasteiger partial charge in [-0.1, -0.05) is 0 Å². The summed E-state index contributed by atoms with van der Waals surface area (Å²) < 4.78 is 16.2. The predicted octanol–water partition coefficient (Wildman–Crippen LogP) is 0.241. The third-order valence-electron chi connectivity index (χ3n) is 2.47. The normalized spacial score (nSPS) is 24.4. The second kappa shape index (κ2) is 5.79. The van der Waals surface area contributed by atoms with Crippen LogP contribution in [-0.4, -0.2) is 49.0 Å². The number of aromatic nitrogens is 2. The SMILES string of the molecule is COc1cc(OCC2CNCC(C)O2)ncn1. The zero-order chi connectivity index (χ0) is 12.1.